The van der Waals surface area contributed by atoms with Crippen LogP contribution >= 0.6 is 11.3 Å². The fourth-order valence-electron chi connectivity index (χ4n) is 3.13. The fraction of sp³-hybridized carbons (Fsp3) is 0.190. The molecule has 1 aromatic heterocycles. The van der Waals surface area contributed by atoms with Gasteiger partial charge in [0.15, 0.2) is 0 Å². The van der Waals surface area contributed by atoms with Crippen molar-refractivity contribution in [3.8, 4) is 0 Å². The van der Waals surface area contributed by atoms with Crippen molar-refractivity contribution in [3.63, 3.8) is 0 Å². The molecule has 1 fully saturated rings. The number of aromatic nitrogens is 1. The first-order valence-electron chi connectivity index (χ1n) is 9.40. The van der Waals surface area contributed by atoms with E-state index in [4.69, 9.17) is 0 Å². The van der Waals surface area contributed by atoms with Gasteiger partial charge in [-0.3, -0.25) is 4.79 Å². The number of carbonyl (C=O) groups excluding carboxylic acids is 1. The quantitative estimate of drug-likeness (QED) is 0.610. The van der Waals surface area contributed by atoms with E-state index in [1.807, 2.05) is 36.2 Å². The number of hydrogen-bond acceptors (Lipinski definition) is 5. The Bertz CT molecular complexity index is 1230. The first kappa shape index (κ1) is 20.2. The smallest absolute Gasteiger partial charge is 0.284 e. The second-order valence-electron chi connectivity index (χ2n) is 6.88. The second-order valence-corrected chi connectivity index (χ2v) is 9.54. The number of sulfonamides is 1. The Balaban J connectivity index is 1.48. The number of amidine groups is 1. The van der Waals surface area contributed by atoms with Crippen molar-refractivity contribution in [3.05, 3.63) is 59.6 Å². The Morgan fingerprint density at radius 2 is 2.07 bits per heavy atom. The number of likely N-dealkylation sites (tertiary alicyclic amines) is 1. The minimum Gasteiger partial charge on any atom is -0.362 e. The molecule has 0 bridgehead atoms. The van der Waals surface area contributed by atoms with Crippen molar-refractivity contribution in [2.45, 2.75) is 17.7 Å². The van der Waals surface area contributed by atoms with Gasteiger partial charge in [-0.25, -0.2) is 4.98 Å². The Morgan fingerprint density at radius 1 is 1.23 bits per heavy atom. The molecule has 2 aromatic carbocycles. The second kappa shape index (κ2) is 8.37. The van der Waals surface area contributed by atoms with Crippen molar-refractivity contribution in [1.29, 1.82) is 0 Å². The van der Waals surface area contributed by atoms with E-state index in [-0.39, 0.29) is 10.8 Å². The zero-order valence-electron chi connectivity index (χ0n) is 16.3. The molecular weight excluding hydrogens is 420 g/mol. The van der Waals surface area contributed by atoms with E-state index in [9.17, 15) is 13.2 Å². The number of nitrogens with zero attached hydrogens (tertiary/aromatic N) is 3. The lowest BCUT2D eigenvalue weighted by atomic mass is 10.3. The van der Waals surface area contributed by atoms with Crippen molar-refractivity contribution in [2.24, 2.45) is 4.40 Å². The zero-order valence-corrected chi connectivity index (χ0v) is 17.9. The van der Waals surface area contributed by atoms with Gasteiger partial charge in [-0.2, -0.15) is 8.42 Å². The normalized spacial score (nSPS) is 16.0. The van der Waals surface area contributed by atoms with Crippen LogP contribution in [0.2, 0.25) is 0 Å². The number of anilines is 1. The number of carbonyl (C=O) groups is 1. The molecule has 1 aliphatic rings. The van der Waals surface area contributed by atoms with Crippen LogP contribution < -0.4 is 5.32 Å². The molecule has 4 rings (SSSR count). The third kappa shape index (κ3) is 4.58. The van der Waals surface area contributed by atoms with E-state index in [0.29, 0.717) is 17.9 Å². The topological polar surface area (TPSA) is 91.7 Å². The van der Waals surface area contributed by atoms with Crippen molar-refractivity contribution in [1.82, 2.24) is 9.88 Å². The van der Waals surface area contributed by atoms with E-state index >= 15 is 0 Å². The average Bonchev–Trinajstić information content (AvgIpc) is 3.32. The van der Waals surface area contributed by atoms with Gasteiger partial charge in [0.25, 0.3) is 10.0 Å². The number of para-hydroxylation sites is 1. The van der Waals surface area contributed by atoms with Gasteiger partial charge in [-0.05, 0) is 42.8 Å². The molecular formula is C21H20N4O3S2. The number of thiazole rings is 1. The third-order valence-corrected chi connectivity index (χ3v) is 6.95. The third-order valence-electron chi connectivity index (χ3n) is 4.65. The molecule has 1 N–H and O–H groups in total. The Labute approximate surface area is 178 Å². The fourth-order valence-corrected chi connectivity index (χ4v) is 5.14. The standard InChI is InChI=1S/C21H20N4O3S2/c1-25-13-5-10-19(25)24-30(27,28)16-7-4-6-15(14-16)22-20(26)11-12-21-23-17-8-2-3-9-18(17)29-21/h2-4,6-9,11-12,14H,5,10,13H2,1H3,(H,22,26). The number of amides is 1. The Hall–Kier alpha value is -3.04. The first-order chi connectivity index (χ1) is 14.4. The number of rotatable bonds is 5. The maximum absolute atomic E-state index is 12.6. The van der Waals surface area contributed by atoms with Crippen LogP contribution in [0.4, 0.5) is 5.69 Å². The monoisotopic (exact) mass is 440 g/mol. The summed E-state index contributed by atoms with van der Waals surface area (Å²) in [5, 5.41) is 3.41. The molecule has 2 heterocycles. The largest absolute Gasteiger partial charge is 0.362 e. The van der Waals surface area contributed by atoms with Crippen molar-refractivity contribution in [2.75, 3.05) is 18.9 Å². The highest BCUT2D eigenvalue weighted by Crippen LogP contribution is 2.23. The van der Waals surface area contributed by atoms with Gasteiger partial charge in [0.2, 0.25) is 5.91 Å². The van der Waals surface area contributed by atoms with Crippen LogP contribution in [0.25, 0.3) is 16.3 Å². The SMILES string of the molecule is CN1CCCC1=NS(=O)(=O)c1cccc(NC(=O)C=Cc2nc3ccccc3s2)c1. The highest BCUT2D eigenvalue weighted by atomic mass is 32.2. The summed E-state index contributed by atoms with van der Waals surface area (Å²) in [5.41, 5.74) is 1.27. The van der Waals surface area contributed by atoms with Crippen molar-refractivity contribution >= 4 is 55.1 Å². The molecule has 0 atom stereocenters. The van der Waals surface area contributed by atoms with E-state index in [1.165, 1.54) is 29.5 Å². The summed E-state index contributed by atoms with van der Waals surface area (Å²) >= 11 is 1.49. The van der Waals surface area contributed by atoms with Crippen LogP contribution in [0.3, 0.4) is 0 Å². The molecule has 0 saturated carbocycles. The summed E-state index contributed by atoms with van der Waals surface area (Å²) in [6.45, 7) is 0.797. The summed E-state index contributed by atoms with van der Waals surface area (Å²) in [6.07, 6.45) is 4.56. The molecule has 1 saturated heterocycles. The van der Waals surface area contributed by atoms with Crippen molar-refractivity contribution < 1.29 is 13.2 Å². The molecule has 0 unspecified atom stereocenters. The maximum atomic E-state index is 12.6. The molecule has 30 heavy (non-hydrogen) atoms. The van der Waals surface area contributed by atoms with Crippen LogP contribution in [0, 0.1) is 0 Å². The van der Waals surface area contributed by atoms with Gasteiger partial charge in [-0.1, -0.05) is 18.2 Å². The zero-order chi connectivity index (χ0) is 21.1. The first-order valence-corrected chi connectivity index (χ1v) is 11.7. The lowest BCUT2D eigenvalue weighted by Gasteiger charge is -2.11. The van der Waals surface area contributed by atoms with Gasteiger partial charge in [-0.15, -0.1) is 15.7 Å². The lowest BCUT2D eigenvalue weighted by Crippen LogP contribution is -2.20. The van der Waals surface area contributed by atoms with Gasteiger partial charge in [0.1, 0.15) is 10.8 Å². The Morgan fingerprint density at radius 3 is 2.83 bits per heavy atom. The molecule has 1 aliphatic heterocycles. The van der Waals surface area contributed by atoms with E-state index in [0.717, 1.165) is 28.2 Å². The van der Waals surface area contributed by atoms with E-state index in [1.54, 1.807) is 18.2 Å². The lowest BCUT2D eigenvalue weighted by molar-refractivity contribution is -0.111. The Kier molecular flexibility index (Phi) is 5.65. The predicted molar refractivity (Wildman–Crippen MR) is 120 cm³/mol. The molecule has 1 amide bonds. The van der Waals surface area contributed by atoms with Crippen LogP contribution in [0.1, 0.15) is 17.8 Å². The van der Waals surface area contributed by atoms with Crippen LogP contribution in [0.5, 0.6) is 0 Å². The molecule has 0 aliphatic carbocycles. The molecule has 7 nitrogen and oxygen atoms in total. The van der Waals surface area contributed by atoms with Gasteiger partial charge in [0.05, 0.1) is 15.1 Å². The number of hydrogen-bond donors (Lipinski definition) is 1. The molecule has 3 aromatic rings. The summed E-state index contributed by atoms with van der Waals surface area (Å²) in [5.74, 6) is 0.189. The van der Waals surface area contributed by atoms with Crippen LogP contribution in [0.15, 0.2) is 63.9 Å². The van der Waals surface area contributed by atoms with E-state index < -0.39 is 10.0 Å². The number of benzene rings is 2. The van der Waals surface area contributed by atoms with Gasteiger partial charge < -0.3 is 10.2 Å². The van der Waals surface area contributed by atoms with Gasteiger partial charge in [0, 0.05) is 31.8 Å². The minimum absolute atomic E-state index is 0.0447. The molecule has 154 valence electrons. The summed E-state index contributed by atoms with van der Waals surface area (Å²) in [6, 6.07) is 13.9. The van der Waals surface area contributed by atoms with Crippen LogP contribution in [-0.4, -0.2) is 43.6 Å². The van der Waals surface area contributed by atoms with Gasteiger partial charge >= 0.3 is 0 Å². The molecule has 0 radical (unpaired) electrons. The van der Waals surface area contributed by atoms with Crippen LogP contribution in [-0.2, 0) is 14.8 Å². The highest BCUT2D eigenvalue weighted by Gasteiger charge is 2.20. The minimum atomic E-state index is -3.84. The number of fused-ring (bicyclic) bond motifs is 1. The predicted octanol–water partition coefficient (Wildman–Crippen LogP) is 3.76. The number of nitrogens with one attached hydrogen (secondary N) is 1. The highest BCUT2D eigenvalue weighted by molar-refractivity contribution is 7.90. The average molecular weight is 441 g/mol. The molecule has 9 heteroatoms. The van der Waals surface area contributed by atoms with E-state index in [2.05, 4.69) is 14.7 Å². The summed E-state index contributed by atoms with van der Waals surface area (Å²) in [7, 11) is -2.01. The summed E-state index contributed by atoms with van der Waals surface area (Å²) in [4.78, 5) is 18.6. The molecule has 0 spiro atoms. The summed E-state index contributed by atoms with van der Waals surface area (Å²) < 4.78 is 30.2. The maximum Gasteiger partial charge on any atom is 0.284 e.